The van der Waals surface area contributed by atoms with Gasteiger partial charge >= 0.3 is 0 Å². The first kappa shape index (κ1) is 15.6. The third-order valence-corrected chi connectivity index (χ3v) is 4.46. The van der Waals surface area contributed by atoms with Gasteiger partial charge in [0.2, 0.25) is 0 Å². The molecule has 0 radical (unpaired) electrons. The first-order valence-corrected chi connectivity index (χ1v) is 8.76. The zero-order chi connectivity index (χ0) is 17.2. The van der Waals surface area contributed by atoms with E-state index in [2.05, 4.69) is 59.5 Å². The van der Waals surface area contributed by atoms with E-state index < -0.39 is 0 Å². The van der Waals surface area contributed by atoms with Crippen molar-refractivity contribution >= 4 is 10.9 Å². The maximum absolute atomic E-state index is 4.61. The van der Waals surface area contributed by atoms with Crippen LogP contribution in [0.25, 0.3) is 27.8 Å². The van der Waals surface area contributed by atoms with Gasteiger partial charge in [-0.15, -0.1) is 0 Å². The van der Waals surface area contributed by atoms with Crippen molar-refractivity contribution in [2.45, 2.75) is 26.7 Å². The molecule has 2 heterocycles. The summed E-state index contributed by atoms with van der Waals surface area (Å²) >= 11 is 0. The standard InChI is InChI=1S/C22H21N3/c1-3-6-17-8-5-9-18(13-17)19-11-12-20-15-23-25(21(20)14-19)22-10-4-7-16(2)24-22/h4-5,7-15H,3,6H2,1-2H3. The molecule has 0 N–H and O–H groups in total. The van der Waals surface area contributed by atoms with Gasteiger partial charge in [-0.1, -0.05) is 55.8 Å². The number of benzene rings is 2. The molecule has 0 amide bonds. The van der Waals surface area contributed by atoms with Crippen LogP contribution in [0.3, 0.4) is 0 Å². The van der Waals surface area contributed by atoms with Crippen LogP contribution in [0.2, 0.25) is 0 Å². The first-order valence-electron chi connectivity index (χ1n) is 8.76. The van der Waals surface area contributed by atoms with Gasteiger partial charge in [0, 0.05) is 11.1 Å². The summed E-state index contributed by atoms with van der Waals surface area (Å²) in [6.07, 6.45) is 4.17. The van der Waals surface area contributed by atoms with E-state index in [1.807, 2.05) is 36.0 Å². The van der Waals surface area contributed by atoms with Gasteiger partial charge in [0.25, 0.3) is 0 Å². The minimum absolute atomic E-state index is 0.854. The third kappa shape index (κ3) is 3.05. The first-order chi connectivity index (χ1) is 12.2. The summed E-state index contributed by atoms with van der Waals surface area (Å²) in [6.45, 7) is 4.21. The van der Waals surface area contributed by atoms with Gasteiger partial charge in [0.15, 0.2) is 5.82 Å². The summed E-state index contributed by atoms with van der Waals surface area (Å²) in [5.41, 5.74) is 5.91. The summed E-state index contributed by atoms with van der Waals surface area (Å²) in [4.78, 5) is 4.61. The highest BCUT2D eigenvalue weighted by Gasteiger charge is 2.08. The van der Waals surface area contributed by atoms with Crippen LogP contribution < -0.4 is 0 Å². The number of rotatable bonds is 4. The fourth-order valence-electron chi connectivity index (χ4n) is 3.22. The van der Waals surface area contributed by atoms with E-state index >= 15 is 0 Å². The Bertz CT molecular complexity index is 1030. The van der Waals surface area contributed by atoms with Gasteiger partial charge in [-0.2, -0.15) is 5.10 Å². The van der Waals surface area contributed by atoms with Gasteiger partial charge in [-0.25, -0.2) is 9.67 Å². The number of fused-ring (bicyclic) bond motifs is 1. The molecule has 4 rings (SSSR count). The molecule has 0 spiro atoms. The Kier molecular flexibility index (Phi) is 4.06. The van der Waals surface area contributed by atoms with Gasteiger partial charge in [-0.3, -0.25) is 0 Å². The Morgan fingerprint density at radius 3 is 2.60 bits per heavy atom. The number of aryl methyl sites for hydroxylation is 2. The maximum atomic E-state index is 4.61. The van der Waals surface area contributed by atoms with E-state index in [0.717, 1.165) is 35.3 Å². The average Bonchev–Trinajstić information content (AvgIpc) is 3.05. The van der Waals surface area contributed by atoms with Gasteiger partial charge in [0.05, 0.1) is 11.7 Å². The van der Waals surface area contributed by atoms with Crippen LogP contribution >= 0.6 is 0 Å². The van der Waals surface area contributed by atoms with Crippen molar-refractivity contribution in [1.29, 1.82) is 0 Å². The average molecular weight is 327 g/mol. The van der Waals surface area contributed by atoms with Crippen LogP contribution in [0.4, 0.5) is 0 Å². The molecule has 0 bridgehead atoms. The molecule has 0 saturated carbocycles. The van der Waals surface area contributed by atoms with E-state index in [0.29, 0.717) is 0 Å². The van der Waals surface area contributed by atoms with Gasteiger partial charge in [0.1, 0.15) is 0 Å². The lowest BCUT2D eigenvalue weighted by Crippen LogP contribution is -2.00. The minimum atomic E-state index is 0.854. The number of hydrogen-bond donors (Lipinski definition) is 0. The Hall–Kier alpha value is -2.94. The highest BCUT2D eigenvalue weighted by Crippen LogP contribution is 2.26. The molecule has 0 atom stereocenters. The second-order valence-electron chi connectivity index (χ2n) is 6.42. The van der Waals surface area contributed by atoms with Crippen molar-refractivity contribution in [2.75, 3.05) is 0 Å². The molecular weight excluding hydrogens is 306 g/mol. The monoisotopic (exact) mass is 327 g/mol. The lowest BCUT2D eigenvalue weighted by molar-refractivity contribution is 0.867. The molecule has 0 unspecified atom stereocenters. The SMILES string of the molecule is CCCc1cccc(-c2ccc3cnn(-c4cccc(C)n4)c3c2)c1. The second kappa shape index (κ2) is 6.52. The normalized spacial score (nSPS) is 11.1. The van der Waals surface area contributed by atoms with E-state index in [-0.39, 0.29) is 0 Å². The van der Waals surface area contributed by atoms with Crippen LogP contribution in [-0.4, -0.2) is 14.8 Å². The molecule has 4 aromatic rings. The summed E-state index contributed by atoms with van der Waals surface area (Å²) < 4.78 is 1.92. The third-order valence-electron chi connectivity index (χ3n) is 4.46. The Balaban J connectivity index is 1.82. The summed E-state index contributed by atoms with van der Waals surface area (Å²) in [5, 5.41) is 5.66. The highest BCUT2D eigenvalue weighted by molar-refractivity contribution is 5.85. The van der Waals surface area contributed by atoms with Crippen molar-refractivity contribution < 1.29 is 0 Å². The van der Waals surface area contributed by atoms with E-state index in [9.17, 15) is 0 Å². The molecule has 0 aliphatic heterocycles. The molecule has 3 nitrogen and oxygen atoms in total. The summed E-state index contributed by atoms with van der Waals surface area (Å²) in [7, 11) is 0. The zero-order valence-corrected chi connectivity index (χ0v) is 14.6. The Labute approximate surface area is 148 Å². The van der Waals surface area contributed by atoms with Crippen molar-refractivity contribution in [3.63, 3.8) is 0 Å². The molecule has 3 heteroatoms. The molecule has 0 aliphatic carbocycles. The molecule has 0 fully saturated rings. The van der Waals surface area contributed by atoms with Crippen LogP contribution in [0.15, 0.2) is 66.9 Å². The predicted octanol–water partition coefficient (Wildman–Crippen LogP) is 5.35. The highest BCUT2D eigenvalue weighted by atomic mass is 15.3. The van der Waals surface area contributed by atoms with Crippen LogP contribution in [0.1, 0.15) is 24.6 Å². The predicted molar refractivity (Wildman–Crippen MR) is 103 cm³/mol. The summed E-state index contributed by atoms with van der Waals surface area (Å²) in [5.74, 6) is 0.854. The number of hydrogen-bond acceptors (Lipinski definition) is 2. The van der Waals surface area contributed by atoms with Gasteiger partial charge < -0.3 is 0 Å². The lowest BCUT2D eigenvalue weighted by atomic mass is 10.0. The second-order valence-corrected chi connectivity index (χ2v) is 6.42. The fraction of sp³-hybridized carbons (Fsp3) is 0.182. The quantitative estimate of drug-likeness (QED) is 0.506. The number of aromatic nitrogens is 3. The van der Waals surface area contributed by atoms with E-state index in [4.69, 9.17) is 0 Å². The van der Waals surface area contributed by atoms with Crippen molar-refractivity contribution in [2.24, 2.45) is 0 Å². The number of pyridine rings is 1. The molecule has 124 valence electrons. The molecule has 25 heavy (non-hydrogen) atoms. The molecular formula is C22H21N3. The van der Waals surface area contributed by atoms with Crippen LogP contribution in [0, 0.1) is 6.92 Å². The van der Waals surface area contributed by atoms with Crippen molar-refractivity contribution in [1.82, 2.24) is 14.8 Å². The lowest BCUT2D eigenvalue weighted by Gasteiger charge is -2.07. The molecule has 0 saturated heterocycles. The molecule has 2 aromatic heterocycles. The van der Waals surface area contributed by atoms with E-state index in [1.165, 1.54) is 16.7 Å². The van der Waals surface area contributed by atoms with Gasteiger partial charge in [-0.05, 0) is 48.2 Å². The van der Waals surface area contributed by atoms with E-state index in [1.54, 1.807) is 0 Å². The topological polar surface area (TPSA) is 30.7 Å². The Morgan fingerprint density at radius 2 is 1.76 bits per heavy atom. The smallest absolute Gasteiger partial charge is 0.154 e. The maximum Gasteiger partial charge on any atom is 0.154 e. The fourth-order valence-corrected chi connectivity index (χ4v) is 3.22. The van der Waals surface area contributed by atoms with Crippen molar-refractivity contribution in [3.05, 3.63) is 78.1 Å². The van der Waals surface area contributed by atoms with Crippen LogP contribution in [-0.2, 0) is 6.42 Å². The van der Waals surface area contributed by atoms with Crippen molar-refractivity contribution in [3.8, 4) is 16.9 Å². The Morgan fingerprint density at radius 1 is 0.920 bits per heavy atom. The molecule has 0 aliphatic rings. The summed E-state index contributed by atoms with van der Waals surface area (Å²) in [6, 6.07) is 21.3. The minimum Gasteiger partial charge on any atom is -0.234 e. The zero-order valence-electron chi connectivity index (χ0n) is 14.6. The molecule has 2 aromatic carbocycles. The van der Waals surface area contributed by atoms with Crippen LogP contribution in [0.5, 0.6) is 0 Å². The number of nitrogens with zero attached hydrogens (tertiary/aromatic N) is 3. The largest absolute Gasteiger partial charge is 0.234 e.